The molecule has 0 aliphatic heterocycles. The summed E-state index contributed by atoms with van der Waals surface area (Å²) in [5, 5.41) is 44.0. The number of H-pyrrole nitrogens is 1. The fourth-order valence-electron chi connectivity index (χ4n) is 3.87. The molecule has 0 bridgehead atoms. The Bertz CT molecular complexity index is 1310. The van der Waals surface area contributed by atoms with Gasteiger partial charge in [0.2, 0.25) is 17.7 Å². The standard InChI is InChI=1S/C25H31N5O11/c26-14(5-7-19(31)32)22(37)28-16(6-8-20(33)34)23(38)29-17(10-21(35)36)24(39)30-18(25(40)41)9-12-11-27-15-4-2-1-3-13(12)15/h1-4,11,14,16-18,27H,5-10,26H2,(H,28,37)(H,29,38)(H,30,39)(H,31,32)(H,33,34)(H,35,36)(H,40,41). The molecule has 0 fully saturated rings. The number of fused-ring (bicyclic) bond motifs is 1. The van der Waals surface area contributed by atoms with Crippen LogP contribution in [0.3, 0.4) is 0 Å². The van der Waals surface area contributed by atoms with Gasteiger partial charge in [0.1, 0.15) is 18.1 Å². The minimum atomic E-state index is -1.80. The number of hydrogen-bond acceptors (Lipinski definition) is 8. The van der Waals surface area contributed by atoms with Crippen LogP contribution in [0.1, 0.15) is 37.7 Å². The van der Waals surface area contributed by atoms with Crippen LogP contribution < -0.4 is 21.7 Å². The Labute approximate surface area is 232 Å². The van der Waals surface area contributed by atoms with E-state index in [9.17, 15) is 43.8 Å². The number of rotatable bonds is 17. The zero-order chi connectivity index (χ0) is 30.7. The van der Waals surface area contributed by atoms with Crippen LogP contribution in [0.2, 0.25) is 0 Å². The first-order chi connectivity index (χ1) is 19.3. The van der Waals surface area contributed by atoms with Crippen molar-refractivity contribution in [1.82, 2.24) is 20.9 Å². The van der Waals surface area contributed by atoms with E-state index in [0.29, 0.717) is 10.9 Å². The van der Waals surface area contributed by atoms with Gasteiger partial charge in [-0.1, -0.05) is 18.2 Å². The first-order valence-electron chi connectivity index (χ1n) is 12.4. The maximum atomic E-state index is 13.0. The van der Waals surface area contributed by atoms with E-state index in [4.69, 9.17) is 15.9 Å². The van der Waals surface area contributed by atoms with E-state index in [2.05, 4.69) is 20.9 Å². The molecule has 0 saturated carbocycles. The number of carbonyl (C=O) groups excluding carboxylic acids is 3. The third kappa shape index (κ3) is 10.2. The number of para-hydroxylation sites is 1. The summed E-state index contributed by atoms with van der Waals surface area (Å²) in [6.07, 6.45) is -1.39. The molecule has 0 saturated heterocycles. The number of nitrogens with one attached hydrogen (secondary N) is 4. The molecule has 2 rings (SSSR count). The summed E-state index contributed by atoms with van der Waals surface area (Å²) in [4.78, 5) is 86.4. The molecule has 16 nitrogen and oxygen atoms in total. The van der Waals surface area contributed by atoms with Crippen molar-refractivity contribution in [2.45, 2.75) is 62.7 Å². The topological polar surface area (TPSA) is 278 Å². The van der Waals surface area contributed by atoms with Crippen molar-refractivity contribution in [2.24, 2.45) is 5.73 Å². The number of benzene rings is 1. The van der Waals surface area contributed by atoms with Crippen LogP contribution in [0.25, 0.3) is 10.9 Å². The average Bonchev–Trinajstić information content (AvgIpc) is 3.30. The molecule has 0 aliphatic carbocycles. The number of amides is 3. The van der Waals surface area contributed by atoms with E-state index in [0.717, 1.165) is 5.52 Å². The maximum Gasteiger partial charge on any atom is 0.326 e. The second kappa shape index (κ2) is 15.0. The van der Waals surface area contributed by atoms with Gasteiger partial charge in [-0.15, -0.1) is 0 Å². The number of hydrogen-bond donors (Lipinski definition) is 9. The molecule has 1 heterocycles. The van der Waals surface area contributed by atoms with E-state index in [1.54, 1.807) is 30.5 Å². The minimum Gasteiger partial charge on any atom is -0.481 e. The summed E-state index contributed by atoms with van der Waals surface area (Å²) < 4.78 is 0. The monoisotopic (exact) mass is 577 g/mol. The molecule has 41 heavy (non-hydrogen) atoms. The molecule has 2 aromatic rings. The Hall–Kier alpha value is -4.99. The molecule has 10 N–H and O–H groups in total. The van der Waals surface area contributed by atoms with Gasteiger partial charge >= 0.3 is 23.9 Å². The van der Waals surface area contributed by atoms with Crippen LogP contribution in [0.15, 0.2) is 30.5 Å². The molecular weight excluding hydrogens is 546 g/mol. The highest BCUT2D eigenvalue weighted by atomic mass is 16.4. The number of aromatic amines is 1. The van der Waals surface area contributed by atoms with Gasteiger partial charge in [0.25, 0.3) is 0 Å². The average molecular weight is 578 g/mol. The smallest absolute Gasteiger partial charge is 0.326 e. The molecule has 0 spiro atoms. The molecule has 222 valence electrons. The summed E-state index contributed by atoms with van der Waals surface area (Å²) in [5.41, 5.74) is 6.92. The molecule has 1 aromatic heterocycles. The van der Waals surface area contributed by atoms with Crippen molar-refractivity contribution in [3.05, 3.63) is 36.0 Å². The Morgan fingerprint density at radius 3 is 1.90 bits per heavy atom. The molecule has 4 atom stereocenters. The second-order valence-corrected chi connectivity index (χ2v) is 9.15. The number of carbonyl (C=O) groups is 7. The fourth-order valence-corrected chi connectivity index (χ4v) is 3.87. The van der Waals surface area contributed by atoms with E-state index in [1.807, 2.05) is 0 Å². The van der Waals surface area contributed by atoms with Gasteiger partial charge in [0, 0.05) is 36.4 Å². The van der Waals surface area contributed by atoms with E-state index < -0.39 is 91.4 Å². The van der Waals surface area contributed by atoms with Crippen molar-refractivity contribution >= 4 is 52.5 Å². The summed E-state index contributed by atoms with van der Waals surface area (Å²) in [6, 6.07) is 0.780. The highest BCUT2D eigenvalue weighted by Crippen LogP contribution is 2.19. The second-order valence-electron chi connectivity index (χ2n) is 9.15. The van der Waals surface area contributed by atoms with Gasteiger partial charge in [-0.25, -0.2) is 4.79 Å². The Balaban J connectivity index is 2.18. The number of carboxylic acids is 4. The van der Waals surface area contributed by atoms with Gasteiger partial charge < -0.3 is 47.1 Å². The lowest BCUT2D eigenvalue weighted by Gasteiger charge is -2.24. The van der Waals surface area contributed by atoms with Crippen molar-refractivity contribution < 1.29 is 54.0 Å². The SMILES string of the molecule is NC(CCC(=O)O)C(=O)NC(CCC(=O)O)C(=O)NC(CC(=O)O)C(=O)NC(Cc1c[nH]c2ccccc12)C(=O)O. The van der Waals surface area contributed by atoms with E-state index >= 15 is 0 Å². The van der Waals surface area contributed by atoms with E-state index in [-0.39, 0.29) is 12.8 Å². The number of aromatic nitrogens is 1. The Kier molecular flexibility index (Phi) is 11.8. The van der Waals surface area contributed by atoms with Crippen LogP contribution in [0, 0.1) is 0 Å². The van der Waals surface area contributed by atoms with Crippen LogP contribution in [-0.2, 0) is 40.0 Å². The minimum absolute atomic E-state index is 0.176. The number of nitrogens with two attached hydrogens (primary N) is 1. The lowest BCUT2D eigenvalue weighted by molar-refractivity contribution is -0.143. The van der Waals surface area contributed by atoms with Gasteiger partial charge in [-0.2, -0.15) is 0 Å². The first kappa shape index (κ1) is 32.2. The molecule has 4 unspecified atom stereocenters. The third-order valence-electron chi connectivity index (χ3n) is 6.01. The van der Waals surface area contributed by atoms with Gasteiger partial charge in [0.05, 0.1) is 12.5 Å². The predicted molar refractivity (Wildman–Crippen MR) is 139 cm³/mol. The van der Waals surface area contributed by atoms with Gasteiger partial charge in [-0.3, -0.25) is 28.8 Å². The Morgan fingerprint density at radius 1 is 0.732 bits per heavy atom. The lowest BCUT2D eigenvalue weighted by atomic mass is 10.0. The largest absolute Gasteiger partial charge is 0.481 e. The quantitative estimate of drug-likeness (QED) is 0.107. The fraction of sp³-hybridized carbons (Fsp3) is 0.400. The van der Waals surface area contributed by atoms with Crippen molar-refractivity contribution in [3.63, 3.8) is 0 Å². The summed E-state index contributed by atoms with van der Waals surface area (Å²) in [5.74, 6) is -8.74. The third-order valence-corrected chi connectivity index (χ3v) is 6.01. The zero-order valence-electron chi connectivity index (χ0n) is 21.7. The molecule has 3 amide bonds. The van der Waals surface area contributed by atoms with Gasteiger partial charge in [-0.05, 0) is 24.5 Å². The maximum absolute atomic E-state index is 13.0. The van der Waals surface area contributed by atoms with Crippen molar-refractivity contribution in [3.8, 4) is 0 Å². The summed E-state index contributed by atoms with van der Waals surface area (Å²) in [6.45, 7) is 0. The lowest BCUT2D eigenvalue weighted by Crippen LogP contribution is -2.57. The zero-order valence-corrected chi connectivity index (χ0v) is 21.7. The highest BCUT2D eigenvalue weighted by Gasteiger charge is 2.32. The number of carboxylic acid groups (broad SMARTS) is 4. The number of aliphatic carboxylic acids is 4. The van der Waals surface area contributed by atoms with Gasteiger partial charge in [0.15, 0.2) is 0 Å². The molecular formula is C25H31N5O11. The summed E-state index contributed by atoms with van der Waals surface area (Å²) >= 11 is 0. The highest BCUT2D eigenvalue weighted by molar-refractivity contribution is 5.96. The molecule has 1 aromatic carbocycles. The first-order valence-corrected chi connectivity index (χ1v) is 12.4. The van der Waals surface area contributed by atoms with Crippen molar-refractivity contribution in [1.29, 1.82) is 0 Å². The summed E-state index contributed by atoms with van der Waals surface area (Å²) in [7, 11) is 0. The van der Waals surface area contributed by atoms with Crippen LogP contribution in [0.4, 0.5) is 0 Å². The normalized spacial score (nSPS) is 13.8. The molecule has 0 radical (unpaired) electrons. The predicted octanol–water partition coefficient (Wildman–Crippen LogP) is -1.22. The van der Waals surface area contributed by atoms with E-state index in [1.165, 1.54) is 0 Å². The molecule has 0 aliphatic rings. The molecule has 16 heteroatoms. The van der Waals surface area contributed by atoms with Crippen LogP contribution in [-0.4, -0.2) is 91.2 Å². The van der Waals surface area contributed by atoms with Crippen molar-refractivity contribution in [2.75, 3.05) is 0 Å². The van der Waals surface area contributed by atoms with Crippen LogP contribution >= 0.6 is 0 Å². The Morgan fingerprint density at radius 2 is 1.29 bits per heavy atom. The van der Waals surface area contributed by atoms with Crippen LogP contribution in [0.5, 0.6) is 0 Å².